The first-order valence-corrected chi connectivity index (χ1v) is 8.95. The Balaban J connectivity index is 0. The van der Waals surface area contributed by atoms with Gasteiger partial charge in [0.1, 0.15) is 0 Å². The molecular formula is C20H30N8Pt. The molecule has 0 aliphatic heterocycles. The fourth-order valence-corrected chi connectivity index (χ4v) is 2.11. The Morgan fingerprint density at radius 3 is 1.00 bits per heavy atom. The van der Waals surface area contributed by atoms with E-state index in [1.54, 1.807) is 0 Å². The van der Waals surface area contributed by atoms with Crippen LogP contribution in [0.25, 0.3) is 0 Å². The van der Waals surface area contributed by atoms with Gasteiger partial charge in [-0.3, -0.25) is 5.10 Å². The molecule has 0 radical (unpaired) electrons. The van der Waals surface area contributed by atoms with Gasteiger partial charge in [0, 0.05) is 22.8 Å². The van der Waals surface area contributed by atoms with Crippen LogP contribution in [0, 0.1) is 55.4 Å². The Kier molecular flexibility index (Phi) is 12.5. The van der Waals surface area contributed by atoms with Gasteiger partial charge in [-0.1, -0.05) is 39.0 Å². The third-order valence-electron chi connectivity index (χ3n) is 3.18. The molecule has 0 amide bonds. The van der Waals surface area contributed by atoms with Crippen molar-refractivity contribution in [3.63, 3.8) is 0 Å². The van der Waals surface area contributed by atoms with Crippen LogP contribution in [0.15, 0.2) is 24.3 Å². The molecule has 0 fully saturated rings. The fraction of sp³-hybridized carbons (Fsp3) is 0.400. The summed E-state index contributed by atoms with van der Waals surface area (Å²) in [6.45, 7) is 15.5. The monoisotopic (exact) mass is 577 g/mol. The third kappa shape index (κ3) is 12.6. The molecule has 0 spiro atoms. The molecule has 0 aliphatic carbocycles. The summed E-state index contributed by atoms with van der Waals surface area (Å²) in [5.74, 6) is 0. The summed E-state index contributed by atoms with van der Waals surface area (Å²) in [4.78, 5) is 0. The minimum Gasteiger partial charge on any atom is -0.579 e. The van der Waals surface area contributed by atoms with Crippen LogP contribution in [-0.2, 0) is 21.1 Å². The summed E-state index contributed by atoms with van der Waals surface area (Å²) in [5, 5.41) is 29.3. The van der Waals surface area contributed by atoms with Crippen molar-refractivity contribution in [1.29, 1.82) is 0 Å². The first-order valence-electron chi connectivity index (χ1n) is 8.95. The summed E-state index contributed by atoms with van der Waals surface area (Å²) >= 11 is 0. The van der Waals surface area contributed by atoms with Gasteiger partial charge in [-0.05, 0) is 40.7 Å². The topological polar surface area (TPSA) is 110 Å². The molecular weight excluding hydrogens is 547 g/mol. The van der Waals surface area contributed by atoms with E-state index in [1.807, 2.05) is 79.7 Å². The van der Waals surface area contributed by atoms with Crippen molar-refractivity contribution in [3.8, 4) is 0 Å². The maximum absolute atomic E-state index is 3.89. The minimum absolute atomic E-state index is 0. The van der Waals surface area contributed by atoms with Gasteiger partial charge in [0.2, 0.25) is 0 Å². The van der Waals surface area contributed by atoms with Gasteiger partial charge in [-0.25, -0.2) is 0 Å². The molecule has 0 aliphatic rings. The van der Waals surface area contributed by atoms with Crippen molar-refractivity contribution in [3.05, 3.63) is 69.8 Å². The molecule has 9 heteroatoms. The van der Waals surface area contributed by atoms with Crippen LogP contribution < -0.4 is 15.3 Å². The van der Waals surface area contributed by atoms with Gasteiger partial charge in [-0.2, -0.15) is 5.10 Å². The standard InChI is InChI=1S/C5H8N2.3C5H7N2.Pt/c4*1-4-3-5(2)7-6-4;/h3H,1-2H3,(H,6,7);3*3H,1-2H3;/q;3*-1;+2/p+1. The molecule has 4 heterocycles. The first kappa shape index (κ1) is 26.5. The Labute approximate surface area is 188 Å². The van der Waals surface area contributed by atoms with Crippen LogP contribution in [-0.4, -0.2) is 25.5 Å². The van der Waals surface area contributed by atoms with Crippen LogP contribution in [0.3, 0.4) is 0 Å². The van der Waals surface area contributed by atoms with Crippen molar-refractivity contribution < 1.29 is 22.5 Å². The number of H-pyrrole nitrogens is 1. The summed E-state index contributed by atoms with van der Waals surface area (Å²) < 4.78 is 0. The molecule has 0 atom stereocenters. The van der Waals surface area contributed by atoms with E-state index in [9.17, 15) is 0 Å². The van der Waals surface area contributed by atoms with Gasteiger partial charge in [-0.15, -0.1) is 17.1 Å². The minimum atomic E-state index is 0. The Morgan fingerprint density at radius 1 is 0.586 bits per heavy atom. The third-order valence-corrected chi connectivity index (χ3v) is 3.18. The van der Waals surface area contributed by atoms with E-state index >= 15 is 0 Å². The predicted molar refractivity (Wildman–Crippen MR) is 110 cm³/mol. The van der Waals surface area contributed by atoms with Gasteiger partial charge in [0.05, 0.1) is 5.69 Å². The summed E-state index contributed by atoms with van der Waals surface area (Å²) in [7, 11) is 0. The first-order chi connectivity index (χ1) is 13.2. The fourth-order valence-electron chi connectivity index (χ4n) is 2.11. The van der Waals surface area contributed by atoms with E-state index in [0.29, 0.717) is 0 Å². The maximum Gasteiger partial charge on any atom is 2.00 e. The number of hydrogen-bond acceptors (Lipinski definition) is 4. The van der Waals surface area contributed by atoms with E-state index in [0.717, 1.165) is 45.6 Å². The summed E-state index contributed by atoms with van der Waals surface area (Å²) in [5.41, 5.74) is 8.16. The second-order valence-electron chi connectivity index (χ2n) is 6.57. The number of aryl methyl sites for hydroxylation is 8. The Morgan fingerprint density at radius 2 is 0.931 bits per heavy atom. The molecule has 0 unspecified atom stereocenters. The molecule has 8 nitrogen and oxygen atoms in total. The molecule has 0 bridgehead atoms. The maximum atomic E-state index is 3.89. The number of rotatable bonds is 0. The van der Waals surface area contributed by atoms with E-state index in [2.05, 4.69) is 40.8 Å². The van der Waals surface area contributed by atoms with Crippen molar-refractivity contribution >= 4 is 0 Å². The van der Waals surface area contributed by atoms with Crippen molar-refractivity contribution in [2.45, 2.75) is 55.4 Å². The van der Waals surface area contributed by atoms with E-state index in [4.69, 9.17) is 0 Å². The van der Waals surface area contributed by atoms with E-state index in [1.165, 1.54) is 0 Å². The van der Waals surface area contributed by atoms with Crippen molar-refractivity contribution in [2.24, 2.45) is 0 Å². The van der Waals surface area contributed by atoms with Gasteiger partial charge in [0.15, 0.2) is 0 Å². The zero-order valence-electron chi connectivity index (χ0n) is 19.3. The van der Waals surface area contributed by atoms with Gasteiger partial charge in [0.25, 0.3) is 0 Å². The van der Waals surface area contributed by atoms with E-state index < -0.39 is 0 Å². The number of nitrogens with one attached hydrogen (secondary N) is 1. The number of hydrogen-bond donors (Lipinski definition) is 1. The van der Waals surface area contributed by atoms with Crippen LogP contribution in [0.5, 0.6) is 0 Å². The molecule has 160 valence electrons. The number of aromatic nitrogens is 8. The molecule has 29 heavy (non-hydrogen) atoms. The molecule has 1 N–H and O–H groups in total. The number of nitrogens with zero attached hydrogens (tertiary/aromatic N) is 7. The van der Waals surface area contributed by atoms with Crippen LogP contribution >= 0.6 is 0 Å². The second kappa shape index (κ2) is 13.7. The normalized spacial score (nSPS) is 9.10. The molecule has 4 aromatic heterocycles. The average Bonchev–Trinajstić information content (AvgIpc) is 3.37. The second-order valence-corrected chi connectivity index (χ2v) is 6.57. The smallest absolute Gasteiger partial charge is 0.579 e. The van der Waals surface area contributed by atoms with Crippen molar-refractivity contribution in [1.82, 2.24) is 40.8 Å². The Hall–Kier alpha value is -2.47. The van der Waals surface area contributed by atoms with Crippen molar-refractivity contribution in [2.75, 3.05) is 0 Å². The molecule has 0 saturated heterocycles. The quantitative estimate of drug-likeness (QED) is 0.342. The molecule has 0 aromatic carbocycles. The zero-order valence-corrected chi connectivity index (χ0v) is 20.5. The average molecular weight is 578 g/mol. The summed E-state index contributed by atoms with van der Waals surface area (Å²) in [6, 6.07) is 7.83. The van der Waals surface area contributed by atoms with Crippen LogP contribution in [0.4, 0.5) is 0 Å². The largest absolute Gasteiger partial charge is 2.00 e. The van der Waals surface area contributed by atoms with Crippen LogP contribution in [0.1, 0.15) is 47.0 Å². The molecule has 0 saturated carbocycles. The Bertz CT molecular complexity index is 719. The molecule has 4 aromatic rings. The molecule has 4 rings (SSSR count). The zero-order chi connectivity index (χ0) is 21.1. The van der Waals surface area contributed by atoms with E-state index in [-0.39, 0.29) is 22.5 Å². The summed E-state index contributed by atoms with van der Waals surface area (Å²) in [6.07, 6.45) is 0. The van der Waals surface area contributed by atoms with Gasteiger partial charge < -0.3 is 30.6 Å². The predicted octanol–water partition coefficient (Wildman–Crippen LogP) is 3.10. The SMILES string of the molecule is Cc1cc(C)[n-]n1.Cc1cc(C)[n-]n1.Cc1cc(C)[n-]n1.Cc1cc(C)[nH]n1.[H+].[Pt+2]. The van der Waals surface area contributed by atoms with Gasteiger partial charge >= 0.3 is 22.5 Å². The van der Waals surface area contributed by atoms with Crippen LogP contribution in [0.2, 0.25) is 0 Å². The number of aromatic amines is 1.